The van der Waals surface area contributed by atoms with Crippen molar-refractivity contribution in [2.45, 2.75) is 39.0 Å². The third kappa shape index (κ3) is 4.01. The van der Waals surface area contributed by atoms with Crippen molar-refractivity contribution in [3.8, 4) is 0 Å². The lowest BCUT2D eigenvalue weighted by molar-refractivity contribution is 0.0983. The van der Waals surface area contributed by atoms with E-state index in [9.17, 15) is 4.79 Å². The smallest absolute Gasteiger partial charge is 0.163 e. The van der Waals surface area contributed by atoms with Gasteiger partial charge >= 0.3 is 0 Å². The molecule has 0 N–H and O–H groups in total. The Balaban J connectivity index is 2.56. The first-order valence-electron chi connectivity index (χ1n) is 6.01. The lowest BCUT2D eigenvalue weighted by Crippen LogP contribution is -1.98. The fraction of sp³-hybridized carbons (Fsp3) is 0.400. The molecule has 0 spiro atoms. The van der Waals surface area contributed by atoms with Gasteiger partial charge in [0.1, 0.15) is 0 Å². The van der Waals surface area contributed by atoms with Gasteiger partial charge in [0.25, 0.3) is 0 Å². The summed E-state index contributed by atoms with van der Waals surface area (Å²) in [5.41, 5.74) is 2.14. The third-order valence-corrected chi connectivity index (χ3v) is 2.67. The molecular weight excluding hydrogens is 196 g/mol. The molecule has 1 nitrogen and oxygen atoms in total. The van der Waals surface area contributed by atoms with Gasteiger partial charge < -0.3 is 0 Å². The molecule has 0 aliphatic carbocycles. The molecule has 0 heterocycles. The molecule has 0 saturated heterocycles. The van der Waals surface area contributed by atoms with Gasteiger partial charge in [-0.05, 0) is 24.8 Å². The molecule has 86 valence electrons. The highest BCUT2D eigenvalue weighted by molar-refractivity contribution is 5.96. The van der Waals surface area contributed by atoms with Crippen molar-refractivity contribution < 1.29 is 4.79 Å². The summed E-state index contributed by atoms with van der Waals surface area (Å²) in [6, 6.07) is 8.01. The van der Waals surface area contributed by atoms with E-state index < -0.39 is 0 Å². The summed E-state index contributed by atoms with van der Waals surface area (Å²) in [4.78, 5) is 11.7. The Morgan fingerprint density at radius 1 is 1.31 bits per heavy atom. The van der Waals surface area contributed by atoms with E-state index in [2.05, 4.69) is 25.6 Å². The second-order valence-corrected chi connectivity index (χ2v) is 4.05. The maximum absolute atomic E-state index is 11.7. The Morgan fingerprint density at radius 2 is 2.00 bits per heavy atom. The molecule has 0 bridgehead atoms. The predicted octanol–water partition coefficient (Wildman–Crippen LogP) is 4.18. The standard InChI is InChI=1S/C15H20O/c1-3-5-7-13-9-11-14(12-10-13)15(16)8-6-4-2/h4,9-12H,2-3,5-8H2,1H3. The summed E-state index contributed by atoms with van der Waals surface area (Å²) < 4.78 is 0. The lowest BCUT2D eigenvalue weighted by Gasteiger charge is -2.02. The van der Waals surface area contributed by atoms with E-state index in [1.54, 1.807) is 6.08 Å². The first kappa shape index (κ1) is 12.7. The van der Waals surface area contributed by atoms with Crippen LogP contribution in [0.25, 0.3) is 0 Å². The highest BCUT2D eigenvalue weighted by Crippen LogP contribution is 2.10. The SMILES string of the molecule is C=CCCC(=O)c1ccc(CCCC)cc1. The number of unbranched alkanes of at least 4 members (excludes halogenated alkanes) is 1. The third-order valence-electron chi connectivity index (χ3n) is 2.67. The van der Waals surface area contributed by atoms with Crippen LogP contribution < -0.4 is 0 Å². The average Bonchev–Trinajstić information content (AvgIpc) is 2.34. The maximum atomic E-state index is 11.7. The second-order valence-electron chi connectivity index (χ2n) is 4.05. The molecule has 1 aromatic rings. The molecule has 0 amide bonds. The van der Waals surface area contributed by atoms with Crippen LogP contribution in [-0.4, -0.2) is 5.78 Å². The number of allylic oxidation sites excluding steroid dienone is 1. The van der Waals surface area contributed by atoms with Crippen LogP contribution in [-0.2, 0) is 6.42 Å². The number of hydrogen-bond donors (Lipinski definition) is 0. The molecule has 0 atom stereocenters. The number of Topliss-reactive ketones (excluding diaryl/α,β-unsaturated/α-hetero) is 1. The molecule has 0 radical (unpaired) electrons. The fourth-order valence-corrected chi connectivity index (χ4v) is 1.62. The van der Waals surface area contributed by atoms with Gasteiger partial charge in [0, 0.05) is 12.0 Å². The van der Waals surface area contributed by atoms with Crippen molar-refractivity contribution in [1.82, 2.24) is 0 Å². The molecule has 16 heavy (non-hydrogen) atoms. The van der Waals surface area contributed by atoms with Gasteiger partial charge in [0.2, 0.25) is 0 Å². The minimum absolute atomic E-state index is 0.210. The Morgan fingerprint density at radius 3 is 2.56 bits per heavy atom. The van der Waals surface area contributed by atoms with Crippen molar-refractivity contribution >= 4 is 5.78 Å². The van der Waals surface area contributed by atoms with Crippen molar-refractivity contribution in [3.63, 3.8) is 0 Å². The zero-order chi connectivity index (χ0) is 11.8. The Bertz CT molecular complexity index is 335. The summed E-state index contributed by atoms with van der Waals surface area (Å²) in [5, 5.41) is 0. The number of rotatable bonds is 7. The number of aryl methyl sites for hydroxylation is 1. The second kappa shape index (κ2) is 7.00. The highest BCUT2D eigenvalue weighted by Gasteiger charge is 2.03. The fourth-order valence-electron chi connectivity index (χ4n) is 1.62. The van der Waals surface area contributed by atoms with Crippen LogP contribution in [0.15, 0.2) is 36.9 Å². The van der Waals surface area contributed by atoms with Gasteiger partial charge in [-0.3, -0.25) is 4.79 Å². The molecule has 1 aromatic carbocycles. The minimum Gasteiger partial charge on any atom is -0.294 e. The molecule has 1 rings (SSSR count). The minimum atomic E-state index is 0.210. The van der Waals surface area contributed by atoms with Gasteiger partial charge in [0.15, 0.2) is 5.78 Å². The first-order valence-corrected chi connectivity index (χ1v) is 6.01. The van der Waals surface area contributed by atoms with E-state index in [1.807, 2.05) is 12.1 Å². The molecule has 0 unspecified atom stereocenters. The van der Waals surface area contributed by atoms with Crippen LogP contribution in [0, 0.1) is 0 Å². The van der Waals surface area contributed by atoms with E-state index in [-0.39, 0.29) is 5.78 Å². The summed E-state index contributed by atoms with van der Waals surface area (Å²) in [6.07, 6.45) is 6.64. The van der Waals surface area contributed by atoms with Crippen molar-refractivity contribution in [2.24, 2.45) is 0 Å². The van der Waals surface area contributed by atoms with Gasteiger partial charge in [-0.1, -0.05) is 43.7 Å². The highest BCUT2D eigenvalue weighted by atomic mass is 16.1. The molecule has 1 heteroatoms. The summed E-state index contributed by atoms with van der Waals surface area (Å²) in [5.74, 6) is 0.210. The molecule has 0 aromatic heterocycles. The van der Waals surface area contributed by atoms with Crippen molar-refractivity contribution in [3.05, 3.63) is 48.0 Å². The normalized spacial score (nSPS) is 10.1. The first-order chi connectivity index (χ1) is 7.77. The number of benzene rings is 1. The monoisotopic (exact) mass is 216 g/mol. The predicted molar refractivity (Wildman–Crippen MR) is 68.8 cm³/mol. The van der Waals surface area contributed by atoms with Crippen molar-refractivity contribution in [2.75, 3.05) is 0 Å². The van der Waals surface area contributed by atoms with Crippen LogP contribution in [0.5, 0.6) is 0 Å². The van der Waals surface area contributed by atoms with Gasteiger partial charge in [-0.2, -0.15) is 0 Å². The van der Waals surface area contributed by atoms with Crippen LogP contribution >= 0.6 is 0 Å². The number of hydrogen-bond acceptors (Lipinski definition) is 1. The summed E-state index contributed by atoms with van der Waals surface area (Å²) in [7, 11) is 0. The van der Waals surface area contributed by atoms with E-state index in [0.717, 1.165) is 18.4 Å². The van der Waals surface area contributed by atoms with E-state index >= 15 is 0 Å². The number of carbonyl (C=O) groups excluding carboxylic acids is 1. The number of ketones is 1. The average molecular weight is 216 g/mol. The Labute approximate surface area is 98.2 Å². The summed E-state index contributed by atoms with van der Waals surface area (Å²) >= 11 is 0. The van der Waals surface area contributed by atoms with Crippen LogP contribution in [0.4, 0.5) is 0 Å². The van der Waals surface area contributed by atoms with E-state index in [4.69, 9.17) is 0 Å². The van der Waals surface area contributed by atoms with Gasteiger partial charge in [0.05, 0.1) is 0 Å². The largest absolute Gasteiger partial charge is 0.294 e. The van der Waals surface area contributed by atoms with Crippen LogP contribution in [0.1, 0.15) is 48.5 Å². The number of carbonyl (C=O) groups is 1. The van der Waals surface area contributed by atoms with Crippen LogP contribution in [0.2, 0.25) is 0 Å². The Kier molecular flexibility index (Phi) is 5.55. The van der Waals surface area contributed by atoms with Gasteiger partial charge in [-0.15, -0.1) is 6.58 Å². The van der Waals surface area contributed by atoms with Crippen LogP contribution in [0.3, 0.4) is 0 Å². The zero-order valence-corrected chi connectivity index (χ0v) is 10.0. The van der Waals surface area contributed by atoms with E-state index in [1.165, 1.54) is 18.4 Å². The molecule has 0 saturated carbocycles. The maximum Gasteiger partial charge on any atom is 0.163 e. The van der Waals surface area contributed by atoms with Crippen molar-refractivity contribution in [1.29, 1.82) is 0 Å². The summed E-state index contributed by atoms with van der Waals surface area (Å²) in [6.45, 7) is 5.81. The topological polar surface area (TPSA) is 17.1 Å². The Hall–Kier alpha value is -1.37. The van der Waals surface area contributed by atoms with E-state index in [0.29, 0.717) is 6.42 Å². The molecule has 0 fully saturated rings. The molecule has 0 aliphatic rings. The molecule has 0 aliphatic heterocycles. The zero-order valence-electron chi connectivity index (χ0n) is 10.0. The molecular formula is C15H20O. The quantitative estimate of drug-likeness (QED) is 0.493. The van der Waals surface area contributed by atoms with Gasteiger partial charge in [-0.25, -0.2) is 0 Å². The lowest BCUT2D eigenvalue weighted by atomic mass is 10.0.